The van der Waals surface area contributed by atoms with Crippen molar-refractivity contribution in [2.75, 3.05) is 11.5 Å². The fraction of sp³-hybridized carbons (Fsp3) is 0.167. The highest BCUT2D eigenvalue weighted by atomic mass is 19.1. The number of furan rings is 1. The Balaban J connectivity index is 1.90. The molecule has 0 spiro atoms. The van der Waals surface area contributed by atoms with E-state index in [-0.39, 0.29) is 11.8 Å². The number of hydrogen-bond donors (Lipinski definition) is 2. The zero-order valence-corrected chi connectivity index (χ0v) is 14.3. The van der Waals surface area contributed by atoms with Crippen LogP contribution in [0.2, 0.25) is 0 Å². The number of benzene rings is 1. The second-order valence-corrected chi connectivity index (χ2v) is 6.14. The smallest absolute Gasteiger partial charge is 0.224 e. The van der Waals surface area contributed by atoms with Gasteiger partial charge in [-0.3, -0.25) is 0 Å². The number of halogens is 1. The SMILES string of the molecule is Cc1ccc(-c2nc(N)nc3c(Cc4cc(N)ccc4F)c(C)nn23)o1. The maximum Gasteiger partial charge on any atom is 0.224 e. The van der Waals surface area contributed by atoms with Crippen molar-refractivity contribution in [2.24, 2.45) is 0 Å². The fourth-order valence-electron chi connectivity index (χ4n) is 2.94. The van der Waals surface area contributed by atoms with Crippen molar-refractivity contribution in [3.05, 3.63) is 58.7 Å². The van der Waals surface area contributed by atoms with Crippen LogP contribution >= 0.6 is 0 Å². The van der Waals surface area contributed by atoms with Crippen LogP contribution in [-0.2, 0) is 6.42 Å². The van der Waals surface area contributed by atoms with Crippen LogP contribution in [0.25, 0.3) is 17.2 Å². The minimum absolute atomic E-state index is 0.0933. The summed E-state index contributed by atoms with van der Waals surface area (Å²) in [7, 11) is 0. The van der Waals surface area contributed by atoms with E-state index in [1.807, 2.05) is 19.9 Å². The highest BCUT2D eigenvalue weighted by Gasteiger charge is 2.19. The van der Waals surface area contributed by atoms with Crippen LogP contribution in [0.1, 0.15) is 22.6 Å². The Kier molecular flexibility index (Phi) is 3.61. The second-order valence-electron chi connectivity index (χ2n) is 6.14. The topological polar surface area (TPSA) is 108 Å². The summed E-state index contributed by atoms with van der Waals surface area (Å²) in [5.74, 6) is 1.49. The van der Waals surface area contributed by atoms with E-state index in [1.54, 1.807) is 16.6 Å². The van der Waals surface area contributed by atoms with Gasteiger partial charge in [0.25, 0.3) is 0 Å². The lowest BCUT2D eigenvalue weighted by atomic mass is 10.0. The number of rotatable bonds is 3. The van der Waals surface area contributed by atoms with E-state index in [2.05, 4.69) is 15.1 Å². The van der Waals surface area contributed by atoms with E-state index in [9.17, 15) is 4.39 Å². The standard InChI is InChI=1S/C18H17FN6O/c1-9-3-6-15(26-9)17-23-18(21)22-16-13(10(2)24-25(16)17)8-11-7-12(20)4-5-14(11)19/h3-7H,8,20H2,1-2H3,(H2,21,22). The molecule has 0 unspecified atom stereocenters. The van der Waals surface area contributed by atoms with E-state index in [1.165, 1.54) is 12.1 Å². The summed E-state index contributed by atoms with van der Waals surface area (Å²) >= 11 is 0. The average molecular weight is 352 g/mol. The molecule has 0 atom stereocenters. The van der Waals surface area contributed by atoms with E-state index in [0.717, 1.165) is 11.3 Å². The third-order valence-corrected chi connectivity index (χ3v) is 4.20. The van der Waals surface area contributed by atoms with Crippen molar-refractivity contribution in [1.29, 1.82) is 0 Å². The lowest BCUT2D eigenvalue weighted by molar-refractivity contribution is 0.541. The molecule has 0 bridgehead atoms. The van der Waals surface area contributed by atoms with Crippen molar-refractivity contribution in [3.63, 3.8) is 0 Å². The number of hydrogen-bond acceptors (Lipinski definition) is 6. The summed E-state index contributed by atoms with van der Waals surface area (Å²) in [6.07, 6.45) is 0.291. The predicted molar refractivity (Wildman–Crippen MR) is 96.0 cm³/mol. The van der Waals surface area contributed by atoms with Crippen molar-refractivity contribution < 1.29 is 8.81 Å². The Hall–Kier alpha value is -3.42. The lowest BCUT2D eigenvalue weighted by Gasteiger charge is -2.06. The van der Waals surface area contributed by atoms with Gasteiger partial charge in [0.2, 0.25) is 11.8 Å². The predicted octanol–water partition coefficient (Wildman–Crippen LogP) is 2.90. The molecule has 4 aromatic rings. The van der Waals surface area contributed by atoms with Gasteiger partial charge < -0.3 is 15.9 Å². The molecule has 0 fully saturated rings. The minimum Gasteiger partial charge on any atom is -0.458 e. The quantitative estimate of drug-likeness (QED) is 0.549. The van der Waals surface area contributed by atoms with Crippen LogP contribution in [0, 0.1) is 19.7 Å². The van der Waals surface area contributed by atoms with Gasteiger partial charge in [-0.25, -0.2) is 4.39 Å². The molecular weight excluding hydrogens is 335 g/mol. The normalized spacial score (nSPS) is 11.3. The van der Waals surface area contributed by atoms with Crippen molar-refractivity contribution in [2.45, 2.75) is 20.3 Å². The minimum atomic E-state index is -0.332. The van der Waals surface area contributed by atoms with Gasteiger partial charge in [0.1, 0.15) is 11.6 Å². The van der Waals surface area contributed by atoms with Gasteiger partial charge in [-0.15, -0.1) is 0 Å². The highest BCUT2D eigenvalue weighted by Crippen LogP contribution is 2.26. The van der Waals surface area contributed by atoms with Crippen LogP contribution in [0.15, 0.2) is 34.7 Å². The summed E-state index contributed by atoms with van der Waals surface area (Å²) in [4.78, 5) is 8.57. The Morgan fingerprint density at radius 2 is 1.92 bits per heavy atom. The molecule has 3 heterocycles. The number of aromatic nitrogens is 4. The molecule has 1 aromatic carbocycles. The number of nitrogens with two attached hydrogens (primary N) is 2. The number of fused-ring (bicyclic) bond motifs is 1. The molecule has 0 radical (unpaired) electrons. The molecule has 0 saturated heterocycles. The number of anilines is 2. The molecule has 0 saturated carbocycles. The molecule has 4 N–H and O–H groups in total. The number of nitrogens with zero attached hydrogens (tertiary/aromatic N) is 4. The van der Waals surface area contributed by atoms with Gasteiger partial charge in [0.15, 0.2) is 11.4 Å². The summed E-state index contributed by atoms with van der Waals surface area (Å²) < 4.78 is 21.4. The van der Waals surface area contributed by atoms with Crippen LogP contribution < -0.4 is 11.5 Å². The van der Waals surface area contributed by atoms with Crippen molar-refractivity contribution in [3.8, 4) is 11.6 Å². The molecule has 0 aliphatic rings. The average Bonchev–Trinajstić information content (AvgIpc) is 3.15. The Morgan fingerprint density at radius 1 is 1.12 bits per heavy atom. The highest BCUT2D eigenvalue weighted by molar-refractivity contribution is 5.61. The number of aryl methyl sites for hydroxylation is 2. The summed E-state index contributed by atoms with van der Waals surface area (Å²) in [5.41, 5.74) is 14.6. The van der Waals surface area contributed by atoms with Gasteiger partial charge in [-0.2, -0.15) is 19.6 Å². The lowest BCUT2D eigenvalue weighted by Crippen LogP contribution is -2.05. The van der Waals surface area contributed by atoms with E-state index < -0.39 is 0 Å². The molecule has 0 amide bonds. The van der Waals surface area contributed by atoms with E-state index in [0.29, 0.717) is 40.6 Å². The molecule has 8 heteroatoms. The molecule has 26 heavy (non-hydrogen) atoms. The van der Waals surface area contributed by atoms with E-state index in [4.69, 9.17) is 15.9 Å². The second kappa shape index (κ2) is 5.83. The third kappa shape index (κ3) is 2.65. The first-order chi connectivity index (χ1) is 12.4. The maximum absolute atomic E-state index is 14.2. The summed E-state index contributed by atoms with van der Waals surface area (Å²) in [6, 6.07) is 8.12. The van der Waals surface area contributed by atoms with Gasteiger partial charge in [-0.05, 0) is 49.7 Å². The molecule has 4 rings (SSSR count). The molecule has 132 valence electrons. The maximum atomic E-state index is 14.2. The zero-order valence-electron chi connectivity index (χ0n) is 14.3. The van der Waals surface area contributed by atoms with Gasteiger partial charge in [0, 0.05) is 17.7 Å². The largest absolute Gasteiger partial charge is 0.458 e. The number of nitrogen functional groups attached to an aromatic ring is 2. The van der Waals surface area contributed by atoms with Crippen LogP contribution in [0.3, 0.4) is 0 Å². The fourth-order valence-corrected chi connectivity index (χ4v) is 2.94. The molecule has 0 aliphatic carbocycles. The third-order valence-electron chi connectivity index (χ3n) is 4.20. The first kappa shape index (κ1) is 16.1. The molecule has 0 aliphatic heterocycles. The molecule has 3 aromatic heterocycles. The van der Waals surface area contributed by atoms with Crippen LogP contribution in [0.4, 0.5) is 16.0 Å². The van der Waals surface area contributed by atoms with Gasteiger partial charge >= 0.3 is 0 Å². The Morgan fingerprint density at radius 3 is 2.65 bits per heavy atom. The summed E-state index contributed by atoms with van der Waals surface area (Å²) in [6.45, 7) is 3.68. The summed E-state index contributed by atoms with van der Waals surface area (Å²) in [5, 5.41) is 4.51. The zero-order chi connectivity index (χ0) is 18.4. The van der Waals surface area contributed by atoms with Crippen molar-refractivity contribution in [1.82, 2.24) is 19.6 Å². The van der Waals surface area contributed by atoms with Gasteiger partial charge in [0.05, 0.1) is 5.69 Å². The monoisotopic (exact) mass is 352 g/mol. The van der Waals surface area contributed by atoms with Gasteiger partial charge in [-0.1, -0.05) is 0 Å². The first-order valence-electron chi connectivity index (χ1n) is 8.05. The molecular formula is C18H17FN6O. The molecule has 7 nitrogen and oxygen atoms in total. The van der Waals surface area contributed by atoms with Crippen molar-refractivity contribution >= 4 is 17.3 Å². The Bertz CT molecular complexity index is 1130. The first-order valence-corrected chi connectivity index (χ1v) is 8.05. The van der Waals surface area contributed by atoms with E-state index >= 15 is 0 Å². The Labute approximate surface area is 148 Å². The van der Waals surface area contributed by atoms with Crippen LogP contribution in [-0.4, -0.2) is 19.6 Å². The van der Waals surface area contributed by atoms with Crippen LogP contribution in [0.5, 0.6) is 0 Å².